The van der Waals surface area contributed by atoms with Gasteiger partial charge in [0.25, 0.3) is 0 Å². The summed E-state index contributed by atoms with van der Waals surface area (Å²) in [7, 11) is 1.63. The molecule has 3 aliphatic rings. The summed E-state index contributed by atoms with van der Waals surface area (Å²) in [5.41, 5.74) is 5.54. The normalized spacial score (nSPS) is 23.3. The maximum Gasteiger partial charge on any atom is 0.225 e. The molecule has 0 spiro atoms. The number of carbonyl (C=O) groups excluding carboxylic acids is 1. The molecule has 4 rings (SSSR count). The minimum atomic E-state index is -0.272. The van der Waals surface area contributed by atoms with E-state index in [-0.39, 0.29) is 23.0 Å². The van der Waals surface area contributed by atoms with Gasteiger partial charge < -0.3 is 19.3 Å². The third-order valence-corrected chi connectivity index (χ3v) is 7.87. The van der Waals surface area contributed by atoms with E-state index in [4.69, 9.17) is 9.47 Å². The molecule has 0 unspecified atom stereocenters. The monoisotopic (exact) mass is 453 g/mol. The number of methoxy groups -OCH3 is 1. The largest absolute Gasteiger partial charge is 0.384 e. The minimum absolute atomic E-state index is 0.116. The predicted molar refractivity (Wildman–Crippen MR) is 129 cm³/mol. The van der Waals surface area contributed by atoms with Gasteiger partial charge in [-0.05, 0) is 60.8 Å². The Bertz CT molecular complexity index is 958. The standard InChI is InChI=1S/C27H39N3O3/c1-18(2)24-16-29(10-11-30(24)25(31)7-12-32-6)23-13-22(27(5)8-9-27)21-17-33-26(3,4)14-19(21)20(23)15-28/h13,18,24H,7-12,14,16-17H2,1-6H3/t24-/m0/s1. The van der Waals surface area contributed by atoms with Crippen LogP contribution in [0.15, 0.2) is 6.07 Å². The van der Waals surface area contributed by atoms with E-state index < -0.39 is 0 Å². The van der Waals surface area contributed by atoms with Crippen LogP contribution in [0.5, 0.6) is 0 Å². The highest BCUT2D eigenvalue weighted by atomic mass is 16.5. The predicted octanol–water partition coefficient (Wildman–Crippen LogP) is 4.17. The highest BCUT2D eigenvalue weighted by Crippen LogP contribution is 2.52. The Morgan fingerprint density at radius 1 is 1.27 bits per heavy atom. The molecule has 0 radical (unpaired) electrons. The van der Waals surface area contributed by atoms with Gasteiger partial charge >= 0.3 is 0 Å². The summed E-state index contributed by atoms with van der Waals surface area (Å²) in [5, 5.41) is 10.3. The molecule has 1 saturated heterocycles. The Morgan fingerprint density at radius 2 is 2.00 bits per heavy atom. The second-order valence-electron chi connectivity index (χ2n) is 11.3. The first-order valence-electron chi connectivity index (χ1n) is 12.4. The molecular weight excluding hydrogens is 414 g/mol. The molecular formula is C27H39N3O3. The zero-order valence-electron chi connectivity index (χ0n) is 21.2. The molecule has 2 aliphatic heterocycles. The Hall–Kier alpha value is -2.10. The van der Waals surface area contributed by atoms with Crippen molar-refractivity contribution in [2.24, 2.45) is 5.92 Å². The van der Waals surface area contributed by atoms with Crippen molar-refractivity contribution in [1.29, 1.82) is 5.26 Å². The zero-order valence-corrected chi connectivity index (χ0v) is 21.2. The Labute approximate surface area is 198 Å². The lowest BCUT2D eigenvalue weighted by molar-refractivity contribution is -0.135. The summed E-state index contributed by atoms with van der Waals surface area (Å²) in [4.78, 5) is 17.3. The molecule has 0 bridgehead atoms. The summed E-state index contributed by atoms with van der Waals surface area (Å²) in [6.45, 7) is 14.1. The molecule has 1 atom stereocenters. The summed E-state index contributed by atoms with van der Waals surface area (Å²) in [6, 6.07) is 4.97. The molecule has 1 aromatic carbocycles. The Morgan fingerprint density at radius 3 is 2.61 bits per heavy atom. The zero-order chi connectivity index (χ0) is 24.0. The number of hydrogen-bond acceptors (Lipinski definition) is 5. The average Bonchev–Trinajstić information content (AvgIpc) is 3.53. The van der Waals surface area contributed by atoms with E-state index >= 15 is 0 Å². The van der Waals surface area contributed by atoms with Crippen molar-refractivity contribution >= 4 is 11.6 Å². The summed E-state index contributed by atoms with van der Waals surface area (Å²) in [5.74, 6) is 0.487. The van der Waals surface area contributed by atoms with Crippen LogP contribution in [0.3, 0.4) is 0 Å². The maximum absolute atomic E-state index is 12.9. The quantitative estimate of drug-likeness (QED) is 0.647. The van der Waals surface area contributed by atoms with Crippen LogP contribution in [0.2, 0.25) is 0 Å². The van der Waals surface area contributed by atoms with E-state index in [1.54, 1.807) is 7.11 Å². The fraction of sp³-hybridized carbons (Fsp3) is 0.704. The molecule has 1 saturated carbocycles. The van der Waals surface area contributed by atoms with Gasteiger partial charge in [-0.15, -0.1) is 0 Å². The van der Waals surface area contributed by atoms with Crippen LogP contribution in [-0.2, 0) is 32.7 Å². The van der Waals surface area contributed by atoms with E-state index in [0.29, 0.717) is 32.1 Å². The number of hydrogen-bond donors (Lipinski definition) is 0. The first kappa shape index (κ1) is 24.0. The van der Waals surface area contributed by atoms with E-state index in [0.717, 1.165) is 30.8 Å². The van der Waals surface area contributed by atoms with Gasteiger partial charge in [-0.3, -0.25) is 4.79 Å². The second-order valence-corrected chi connectivity index (χ2v) is 11.3. The van der Waals surface area contributed by atoms with Crippen molar-refractivity contribution in [2.45, 2.75) is 84.0 Å². The highest BCUT2D eigenvalue weighted by molar-refractivity contribution is 5.77. The van der Waals surface area contributed by atoms with Gasteiger partial charge in [-0.25, -0.2) is 0 Å². The van der Waals surface area contributed by atoms with Crippen molar-refractivity contribution in [1.82, 2.24) is 4.90 Å². The number of nitriles is 1. The van der Waals surface area contributed by atoms with Crippen molar-refractivity contribution in [3.8, 4) is 6.07 Å². The lowest BCUT2D eigenvalue weighted by Crippen LogP contribution is -2.57. The second kappa shape index (κ2) is 8.92. The Kier molecular flexibility index (Phi) is 6.50. The molecule has 6 heteroatoms. The number of fused-ring (bicyclic) bond motifs is 1. The van der Waals surface area contributed by atoms with E-state index in [9.17, 15) is 10.1 Å². The number of ether oxygens (including phenoxy) is 2. The maximum atomic E-state index is 12.9. The van der Waals surface area contributed by atoms with Crippen LogP contribution >= 0.6 is 0 Å². The van der Waals surface area contributed by atoms with Crippen LogP contribution in [-0.4, -0.2) is 55.8 Å². The smallest absolute Gasteiger partial charge is 0.225 e. The number of amides is 1. The summed E-state index contributed by atoms with van der Waals surface area (Å²) < 4.78 is 11.3. The fourth-order valence-corrected chi connectivity index (χ4v) is 5.48. The molecule has 2 fully saturated rings. The van der Waals surface area contributed by atoms with E-state index in [1.165, 1.54) is 29.5 Å². The first-order valence-corrected chi connectivity index (χ1v) is 12.4. The summed E-state index contributed by atoms with van der Waals surface area (Å²) in [6.07, 6.45) is 3.54. The minimum Gasteiger partial charge on any atom is -0.384 e. The summed E-state index contributed by atoms with van der Waals surface area (Å²) >= 11 is 0. The SMILES string of the molecule is COCCC(=O)N1CCN(c2cc(C3(C)CC3)c3c(c2C#N)CC(C)(C)OC3)C[C@H]1C(C)C. The van der Waals surface area contributed by atoms with E-state index in [2.05, 4.69) is 51.7 Å². The number of anilines is 1. The molecule has 33 heavy (non-hydrogen) atoms. The average molecular weight is 454 g/mol. The third-order valence-electron chi connectivity index (χ3n) is 7.87. The van der Waals surface area contributed by atoms with Gasteiger partial charge in [-0.1, -0.05) is 20.8 Å². The third kappa shape index (κ3) is 4.63. The van der Waals surface area contributed by atoms with Gasteiger partial charge in [0.1, 0.15) is 6.07 Å². The molecule has 180 valence electrons. The lowest BCUT2D eigenvalue weighted by atomic mass is 9.81. The van der Waals surface area contributed by atoms with Crippen LogP contribution in [0.1, 0.15) is 76.1 Å². The first-order chi connectivity index (χ1) is 15.6. The van der Waals surface area contributed by atoms with Crippen LogP contribution in [0.4, 0.5) is 5.69 Å². The van der Waals surface area contributed by atoms with Crippen molar-refractivity contribution < 1.29 is 14.3 Å². The van der Waals surface area contributed by atoms with Gasteiger partial charge in [0, 0.05) is 33.2 Å². The topological polar surface area (TPSA) is 65.8 Å². The van der Waals surface area contributed by atoms with Crippen molar-refractivity contribution in [3.05, 3.63) is 28.3 Å². The van der Waals surface area contributed by atoms with Gasteiger partial charge in [0.2, 0.25) is 5.91 Å². The highest BCUT2D eigenvalue weighted by Gasteiger charge is 2.44. The van der Waals surface area contributed by atoms with Crippen molar-refractivity contribution in [3.63, 3.8) is 0 Å². The molecule has 1 amide bonds. The number of rotatable bonds is 6. The molecule has 0 N–H and O–H groups in total. The molecule has 0 aromatic heterocycles. The lowest BCUT2D eigenvalue weighted by Gasteiger charge is -2.45. The van der Waals surface area contributed by atoms with Gasteiger partial charge in [-0.2, -0.15) is 5.26 Å². The fourth-order valence-electron chi connectivity index (χ4n) is 5.48. The van der Waals surface area contributed by atoms with Crippen molar-refractivity contribution in [2.75, 3.05) is 38.3 Å². The number of nitrogens with zero attached hydrogens (tertiary/aromatic N) is 3. The van der Waals surface area contributed by atoms with E-state index in [1.807, 2.05) is 4.90 Å². The molecule has 6 nitrogen and oxygen atoms in total. The number of carbonyl (C=O) groups is 1. The number of piperazine rings is 1. The van der Waals surface area contributed by atoms with Crippen LogP contribution in [0, 0.1) is 17.2 Å². The molecule has 1 aromatic rings. The van der Waals surface area contributed by atoms with Gasteiger partial charge in [0.05, 0.1) is 42.5 Å². The van der Waals surface area contributed by atoms with Crippen LogP contribution < -0.4 is 4.90 Å². The van der Waals surface area contributed by atoms with Crippen LogP contribution in [0.25, 0.3) is 0 Å². The Balaban J connectivity index is 1.72. The molecule has 1 aliphatic carbocycles. The number of benzene rings is 1. The van der Waals surface area contributed by atoms with Gasteiger partial charge in [0.15, 0.2) is 0 Å². The molecule has 2 heterocycles.